The maximum atomic E-state index is 5.66. The van der Waals surface area contributed by atoms with Crippen LogP contribution in [0.3, 0.4) is 0 Å². The molecule has 1 aliphatic rings. The molecule has 1 aliphatic heterocycles. The van der Waals surface area contributed by atoms with E-state index in [1.807, 2.05) is 19.1 Å². The second-order valence-electron chi connectivity index (χ2n) is 3.83. The largest absolute Gasteiger partial charge is 0.494 e. The molecule has 1 saturated heterocycles. The summed E-state index contributed by atoms with van der Waals surface area (Å²) in [5, 5.41) is 6.89. The van der Waals surface area contributed by atoms with Crippen molar-refractivity contribution in [3.8, 4) is 5.75 Å². The van der Waals surface area contributed by atoms with Crippen LogP contribution in [0.5, 0.6) is 5.75 Å². The van der Waals surface area contributed by atoms with Gasteiger partial charge in [0, 0.05) is 35.7 Å². The first-order chi connectivity index (χ1) is 7.81. The van der Waals surface area contributed by atoms with Gasteiger partial charge in [-0.05, 0) is 25.1 Å². The number of ether oxygens (including phenoxy) is 1. The van der Waals surface area contributed by atoms with E-state index >= 15 is 0 Å². The minimum atomic E-state index is 0.341. The van der Waals surface area contributed by atoms with E-state index < -0.39 is 0 Å². The topological polar surface area (TPSA) is 33.3 Å². The minimum Gasteiger partial charge on any atom is -0.494 e. The van der Waals surface area contributed by atoms with Crippen molar-refractivity contribution in [2.45, 2.75) is 13.0 Å². The highest BCUT2D eigenvalue weighted by atomic mass is 79.9. The van der Waals surface area contributed by atoms with Crippen LogP contribution in [0.1, 0.15) is 18.5 Å². The highest BCUT2D eigenvalue weighted by molar-refractivity contribution is 9.10. The zero-order chi connectivity index (χ0) is 11.4. The zero-order valence-electron chi connectivity index (χ0n) is 9.42. The van der Waals surface area contributed by atoms with Gasteiger partial charge in [-0.2, -0.15) is 0 Å². The van der Waals surface area contributed by atoms with Crippen molar-refractivity contribution in [3.05, 3.63) is 28.2 Å². The Morgan fingerprint density at radius 3 is 3.00 bits per heavy atom. The predicted octanol–water partition coefficient (Wildman–Crippen LogP) is 2.08. The van der Waals surface area contributed by atoms with Crippen LogP contribution in [0.25, 0.3) is 0 Å². The number of piperazine rings is 1. The summed E-state index contributed by atoms with van der Waals surface area (Å²) in [5.74, 6) is 0.979. The fourth-order valence-corrected chi connectivity index (χ4v) is 2.33. The summed E-state index contributed by atoms with van der Waals surface area (Å²) in [4.78, 5) is 0. The molecule has 1 aromatic rings. The molecule has 3 nitrogen and oxygen atoms in total. The Hall–Kier alpha value is -0.580. The molecule has 88 valence electrons. The fraction of sp³-hybridized carbons (Fsp3) is 0.500. The minimum absolute atomic E-state index is 0.341. The molecule has 1 fully saturated rings. The van der Waals surface area contributed by atoms with Gasteiger partial charge in [0.25, 0.3) is 0 Å². The van der Waals surface area contributed by atoms with Crippen LogP contribution in [-0.4, -0.2) is 26.2 Å². The Labute approximate surface area is 105 Å². The van der Waals surface area contributed by atoms with Crippen LogP contribution in [0.4, 0.5) is 0 Å². The molecule has 2 rings (SSSR count). The lowest BCUT2D eigenvalue weighted by Gasteiger charge is -2.26. The SMILES string of the molecule is CCOc1ccc(Br)cc1[C@@H]1CNCCN1. The Morgan fingerprint density at radius 1 is 1.44 bits per heavy atom. The van der Waals surface area contributed by atoms with Crippen molar-refractivity contribution < 1.29 is 4.74 Å². The first-order valence-electron chi connectivity index (χ1n) is 5.67. The molecular weight excluding hydrogens is 268 g/mol. The van der Waals surface area contributed by atoms with Crippen molar-refractivity contribution in [3.63, 3.8) is 0 Å². The number of nitrogens with one attached hydrogen (secondary N) is 2. The Balaban J connectivity index is 2.24. The summed E-state index contributed by atoms with van der Waals surface area (Å²) in [6.07, 6.45) is 0. The lowest BCUT2D eigenvalue weighted by atomic mass is 10.0. The van der Waals surface area contributed by atoms with Gasteiger partial charge in [-0.3, -0.25) is 0 Å². The number of hydrogen-bond acceptors (Lipinski definition) is 3. The molecule has 0 amide bonds. The molecule has 4 heteroatoms. The van der Waals surface area contributed by atoms with Crippen molar-refractivity contribution in [2.24, 2.45) is 0 Å². The van der Waals surface area contributed by atoms with Gasteiger partial charge >= 0.3 is 0 Å². The Morgan fingerprint density at radius 2 is 2.31 bits per heavy atom. The summed E-state index contributed by atoms with van der Waals surface area (Å²) < 4.78 is 6.75. The molecule has 0 aromatic heterocycles. The highest BCUT2D eigenvalue weighted by Crippen LogP contribution is 2.29. The normalized spacial score (nSPS) is 20.8. The van der Waals surface area contributed by atoms with Crippen molar-refractivity contribution >= 4 is 15.9 Å². The third kappa shape index (κ3) is 2.75. The van der Waals surface area contributed by atoms with Gasteiger partial charge in [-0.1, -0.05) is 15.9 Å². The molecule has 0 spiro atoms. The zero-order valence-corrected chi connectivity index (χ0v) is 11.0. The van der Waals surface area contributed by atoms with Gasteiger partial charge < -0.3 is 15.4 Å². The Bertz CT molecular complexity index is 351. The van der Waals surface area contributed by atoms with Gasteiger partial charge in [0.2, 0.25) is 0 Å². The number of hydrogen-bond donors (Lipinski definition) is 2. The Kier molecular flexibility index (Phi) is 4.21. The van der Waals surface area contributed by atoms with Crippen LogP contribution in [0.2, 0.25) is 0 Å². The van der Waals surface area contributed by atoms with E-state index in [1.165, 1.54) is 5.56 Å². The molecule has 0 unspecified atom stereocenters. The number of halogens is 1. The summed E-state index contributed by atoms with van der Waals surface area (Å²) in [6, 6.07) is 6.52. The molecule has 1 aromatic carbocycles. The molecule has 0 radical (unpaired) electrons. The van der Waals surface area contributed by atoms with Gasteiger partial charge in [-0.15, -0.1) is 0 Å². The highest BCUT2D eigenvalue weighted by Gasteiger charge is 2.18. The molecule has 1 atom stereocenters. The maximum Gasteiger partial charge on any atom is 0.124 e. The van der Waals surface area contributed by atoms with Crippen LogP contribution < -0.4 is 15.4 Å². The first-order valence-corrected chi connectivity index (χ1v) is 6.47. The predicted molar refractivity (Wildman–Crippen MR) is 68.9 cm³/mol. The smallest absolute Gasteiger partial charge is 0.124 e. The standard InChI is InChI=1S/C12H17BrN2O/c1-2-16-12-4-3-9(13)7-10(12)11-8-14-5-6-15-11/h3-4,7,11,14-15H,2,5-6,8H2,1H3/t11-/m0/s1. The molecule has 1 heterocycles. The van der Waals surface area contributed by atoms with E-state index in [2.05, 4.69) is 32.6 Å². The lowest BCUT2D eigenvalue weighted by Crippen LogP contribution is -2.42. The van der Waals surface area contributed by atoms with E-state index in [0.717, 1.165) is 29.9 Å². The van der Waals surface area contributed by atoms with Gasteiger partial charge in [0.15, 0.2) is 0 Å². The third-order valence-electron chi connectivity index (χ3n) is 2.69. The average molecular weight is 285 g/mol. The van der Waals surface area contributed by atoms with Gasteiger partial charge in [0.05, 0.1) is 6.61 Å². The molecule has 0 aliphatic carbocycles. The number of benzene rings is 1. The van der Waals surface area contributed by atoms with E-state index in [1.54, 1.807) is 0 Å². The second kappa shape index (κ2) is 5.66. The number of rotatable bonds is 3. The lowest BCUT2D eigenvalue weighted by molar-refractivity contribution is 0.326. The quantitative estimate of drug-likeness (QED) is 0.892. The van der Waals surface area contributed by atoms with Crippen LogP contribution >= 0.6 is 15.9 Å². The summed E-state index contributed by atoms with van der Waals surface area (Å²) in [6.45, 7) is 5.71. The van der Waals surface area contributed by atoms with E-state index in [4.69, 9.17) is 4.74 Å². The fourth-order valence-electron chi connectivity index (χ4n) is 1.95. The third-order valence-corrected chi connectivity index (χ3v) is 3.18. The molecular formula is C12H17BrN2O. The first kappa shape index (κ1) is 11.9. The van der Waals surface area contributed by atoms with Crippen molar-refractivity contribution in [1.29, 1.82) is 0 Å². The molecule has 16 heavy (non-hydrogen) atoms. The van der Waals surface area contributed by atoms with E-state index in [0.29, 0.717) is 12.6 Å². The summed E-state index contributed by atoms with van der Waals surface area (Å²) in [7, 11) is 0. The van der Waals surface area contributed by atoms with Gasteiger partial charge in [-0.25, -0.2) is 0 Å². The molecule has 2 N–H and O–H groups in total. The van der Waals surface area contributed by atoms with Crippen LogP contribution in [-0.2, 0) is 0 Å². The summed E-state index contributed by atoms with van der Waals surface area (Å²) >= 11 is 3.51. The van der Waals surface area contributed by atoms with Crippen molar-refractivity contribution in [1.82, 2.24) is 10.6 Å². The average Bonchev–Trinajstić information content (AvgIpc) is 2.33. The van der Waals surface area contributed by atoms with Crippen LogP contribution in [0.15, 0.2) is 22.7 Å². The van der Waals surface area contributed by atoms with E-state index in [9.17, 15) is 0 Å². The second-order valence-corrected chi connectivity index (χ2v) is 4.74. The van der Waals surface area contributed by atoms with E-state index in [-0.39, 0.29) is 0 Å². The summed E-state index contributed by atoms with van der Waals surface area (Å²) in [5.41, 5.74) is 1.23. The monoisotopic (exact) mass is 284 g/mol. The maximum absolute atomic E-state index is 5.66. The molecule has 0 saturated carbocycles. The van der Waals surface area contributed by atoms with Gasteiger partial charge in [0.1, 0.15) is 5.75 Å². The molecule has 0 bridgehead atoms. The van der Waals surface area contributed by atoms with Crippen LogP contribution in [0, 0.1) is 0 Å². The van der Waals surface area contributed by atoms with Crippen molar-refractivity contribution in [2.75, 3.05) is 26.2 Å².